The van der Waals surface area contributed by atoms with Crippen LogP contribution < -0.4 is 9.88 Å². The van der Waals surface area contributed by atoms with Gasteiger partial charge < -0.3 is 4.74 Å². The molecule has 0 amide bonds. The maximum Gasteiger partial charge on any atom is 0.238 e. The third kappa shape index (κ3) is 3.17. The zero-order valence-electron chi connectivity index (χ0n) is 11.6. The summed E-state index contributed by atoms with van der Waals surface area (Å²) in [6.45, 7) is 3.72. The van der Waals surface area contributed by atoms with Crippen LogP contribution in [0.2, 0.25) is 0 Å². The van der Waals surface area contributed by atoms with Crippen molar-refractivity contribution in [1.82, 2.24) is 9.78 Å². The molecule has 0 fully saturated rings. The molecule has 1 heterocycles. The molecule has 108 valence electrons. The highest BCUT2D eigenvalue weighted by atomic mass is 32.2. The van der Waals surface area contributed by atoms with E-state index in [4.69, 9.17) is 9.88 Å². The average molecular weight is 295 g/mol. The molecule has 0 saturated heterocycles. The van der Waals surface area contributed by atoms with Gasteiger partial charge in [-0.2, -0.15) is 5.10 Å². The van der Waals surface area contributed by atoms with Crippen molar-refractivity contribution in [2.24, 2.45) is 12.2 Å². The van der Waals surface area contributed by atoms with E-state index in [9.17, 15) is 8.42 Å². The number of hydrogen-bond donors (Lipinski definition) is 1. The fourth-order valence-electron chi connectivity index (χ4n) is 2.14. The highest BCUT2D eigenvalue weighted by Gasteiger charge is 2.16. The van der Waals surface area contributed by atoms with Crippen LogP contribution >= 0.6 is 0 Å². The van der Waals surface area contributed by atoms with Gasteiger partial charge in [0.15, 0.2) is 0 Å². The lowest BCUT2D eigenvalue weighted by molar-refractivity contribution is 0.299. The van der Waals surface area contributed by atoms with Crippen molar-refractivity contribution in [2.75, 3.05) is 0 Å². The van der Waals surface area contributed by atoms with Gasteiger partial charge >= 0.3 is 0 Å². The second-order valence-electron chi connectivity index (χ2n) is 4.70. The number of hydrogen-bond acceptors (Lipinski definition) is 4. The van der Waals surface area contributed by atoms with E-state index in [2.05, 4.69) is 5.10 Å². The Kier molecular flexibility index (Phi) is 3.82. The van der Waals surface area contributed by atoms with Crippen molar-refractivity contribution in [2.45, 2.75) is 25.3 Å². The Hall–Kier alpha value is -1.86. The number of sulfonamides is 1. The number of benzene rings is 1. The number of aryl methyl sites for hydroxylation is 3. The predicted octanol–water partition coefficient (Wildman–Crippen LogP) is 1.26. The normalized spacial score (nSPS) is 11.6. The first-order valence-corrected chi connectivity index (χ1v) is 7.57. The third-order valence-corrected chi connectivity index (χ3v) is 4.09. The summed E-state index contributed by atoms with van der Waals surface area (Å²) < 4.78 is 30.3. The summed E-state index contributed by atoms with van der Waals surface area (Å²) in [6, 6.07) is 5.18. The summed E-state index contributed by atoms with van der Waals surface area (Å²) in [4.78, 5) is 0.155. The molecule has 0 aliphatic heterocycles. The van der Waals surface area contributed by atoms with Crippen LogP contribution in [0.5, 0.6) is 5.75 Å². The van der Waals surface area contributed by atoms with Gasteiger partial charge in [-0.1, -0.05) is 0 Å². The smallest absolute Gasteiger partial charge is 0.238 e. The van der Waals surface area contributed by atoms with Crippen molar-refractivity contribution in [3.63, 3.8) is 0 Å². The largest absolute Gasteiger partial charge is 0.487 e. The van der Waals surface area contributed by atoms with Crippen LogP contribution in [-0.2, 0) is 23.7 Å². The Bertz CT molecular complexity index is 712. The van der Waals surface area contributed by atoms with Crippen LogP contribution in [0.4, 0.5) is 0 Å². The minimum absolute atomic E-state index is 0.155. The number of ether oxygens (including phenoxy) is 1. The van der Waals surface area contributed by atoms with Gasteiger partial charge in [0, 0.05) is 13.2 Å². The fraction of sp³-hybridized carbons (Fsp3) is 0.308. The monoisotopic (exact) mass is 295 g/mol. The molecule has 0 radical (unpaired) electrons. The summed E-state index contributed by atoms with van der Waals surface area (Å²) in [5, 5.41) is 9.40. The maximum absolute atomic E-state index is 11.5. The van der Waals surface area contributed by atoms with Gasteiger partial charge in [0.1, 0.15) is 12.4 Å². The van der Waals surface area contributed by atoms with Crippen molar-refractivity contribution >= 4 is 10.0 Å². The highest BCUT2D eigenvalue weighted by molar-refractivity contribution is 7.89. The van der Waals surface area contributed by atoms with Crippen molar-refractivity contribution in [3.05, 3.63) is 41.2 Å². The van der Waals surface area contributed by atoms with Crippen LogP contribution in [-0.4, -0.2) is 18.2 Å². The van der Waals surface area contributed by atoms with E-state index in [1.165, 1.54) is 0 Å². The van der Waals surface area contributed by atoms with Crippen LogP contribution in [0.25, 0.3) is 0 Å². The van der Waals surface area contributed by atoms with E-state index < -0.39 is 10.0 Å². The molecule has 0 atom stereocenters. The minimum Gasteiger partial charge on any atom is -0.487 e. The molecule has 6 nitrogen and oxygen atoms in total. The van der Waals surface area contributed by atoms with E-state index in [0.29, 0.717) is 23.5 Å². The third-order valence-electron chi connectivity index (χ3n) is 2.87. The SMILES string of the molecule is Cc1cc(OCc2ccn(C)n2)cc(C)c1S(N)(=O)=O. The molecule has 0 aliphatic carbocycles. The Morgan fingerprint density at radius 1 is 1.30 bits per heavy atom. The summed E-state index contributed by atoms with van der Waals surface area (Å²) >= 11 is 0. The Morgan fingerprint density at radius 2 is 1.90 bits per heavy atom. The van der Waals surface area contributed by atoms with Crippen LogP contribution in [0.1, 0.15) is 16.8 Å². The lowest BCUT2D eigenvalue weighted by atomic mass is 10.1. The van der Waals surface area contributed by atoms with E-state index in [-0.39, 0.29) is 4.90 Å². The van der Waals surface area contributed by atoms with E-state index in [0.717, 1.165) is 5.69 Å². The molecule has 7 heteroatoms. The number of rotatable bonds is 4. The van der Waals surface area contributed by atoms with E-state index >= 15 is 0 Å². The molecule has 0 aliphatic rings. The Balaban J connectivity index is 2.23. The number of nitrogens with zero attached hydrogens (tertiary/aromatic N) is 2. The molecule has 0 bridgehead atoms. The topological polar surface area (TPSA) is 87.2 Å². The molecule has 0 saturated carbocycles. The first kappa shape index (κ1) is 14.5. The first-order chi connectivity index (χ1) is 9.27. The first-order valence-electron chi connectivity index (χ1n) is 6.03. The lowest BCUT2D eigenvalue weighted by Crippen LogP contribution is -2.15. The molecule has 1 aromatic heterocycles. The fourth-order valence-corrected chi connectivity index (χ4v) is 3.16. The Morgan fingerprint density at radius 3 is 2.35 bits per heavy atom. The molecular formula is C13H17N3O3S. The van der Waals surface area contributed by atoms with Crippen molar-refractivity contribution in [3.8, 4) is 5.75 Å². The summed E-state index contributed by atoms with van der Waals surface area (Å²) in [6.07, 6.45) is 1.83. The van der Waals surface area contributed by atoms with Crippen LogP contribution in [0.15, 0.2) is 29.3 Å². The van der Waals surface area contributed by atoms with Crippen LogP contribution in [0, 0.1) is 13.8 Å². The molecule has 2 N–H and O–H groups in total. The maximum atomic E-state index is 11.5. The highest BCUT2D eigenvalue weighted by Crippen LogP contribution is 2.25. The van der Waals surface area contributed by atoms with Gasteiger partial charge in [-0.3, -0.25) is 4.68 Å². The molecule has 2 rings (SSSR count). The standard InChI is InChI=1S/C13H17N3O3S/c1-9-6-12(7-10(2)13(9)20(14,17)18)19-8-11-4-5-16(3)15-11/h4-7H,8H2,1-3H3,(H2,14,17,18). The van der Waals surface area contributed by atoms with Crippen molar-refractivity contribution < 1.29 is 13.2 Å². The second kappa shape index (κ2) is 5.26. The molecule has 1 aromatic carbocycles. The zero-order chi connectivity index (χ0) is 14.9. The second-order valence-corrected chi connectivity index (χ2v) is 6.20. The average Bonchev–Trinajstić information content (AvgIpc) is 2.69. The number of aromatic nitrogens is 2. The van der Waals surface area contributed by atoms with Crippen LogP contribution in [0.3, 0.4) is 0 Å². The van der Waals surface area contributed by atoms with Gasteiger partial charge in [0.2, 0.25) is 10.0 Å². The van der Waals surface area contributed by atoms with Crippen molar-refractivity contribution in [1.29, 1.82) is 0 Å². The van der Waals surface area contributed by atoms with E-state index in [1.807, 2.05) is 19.3 Å². The lowest BCUT2D eigenvalue weighted by Gasteiger charge is -2.11. The van der Waals surface area contributed by atoms with Gasteiger partial charge in [-0.05, 0) is 43.2 Å². The summed E-state index contributed by atoms with van der Waals surface area (Å²) in [7, 11) is -1.88. The molecule has 20 heavy (non-hydrogen) atoms. The molecular weight excluding hydrogens is 278 g/mol. The summed E-state index contributed by atoms with van der Waals surface area (Å²) in [5.41, 5.74) is 1.95. The van der Waals surface area contributed by atoms with Gasteiger partial charge in [-0.15, -0.1) is 0 Å². The number of nitrogens with two attached hydrogens (primary N) is 1. The minimum atomic E-state index is -3.72. The quantitative estimate of drug-likeness (QED) is 0.920. The molecule has 0 unspecified atom stereocenters. The number of primary sulfonamides is 1. The zero-order valence-corrected chi connectivity index (χ0v) is 12.4. The molecule has 0 spiro atoms. The van der Waals surface area contributed by atoms with Gasteiger partial charge in [-0.25, -0.2) is 13.6 Å². The predicted molar refractivity (Wildman–Crippen MR) is 74.8 cm³/mol. The van der Waals surface area contributed by atoms with Gasteiger partial charge in [0.25, 0.3) is 0 Å². The summed E-state index contributed by atoms with van der Waals surface area (Å²) in [5.74, 6) is 0.595. The Labute approximate surface area is 118 Å². The van der Waals surface area contributed by atoms with E-state index in [1.54, 1.807) is 30.7 Å². The van der Waals surface area contributed by atoms with Gasteiger partial charge in [0.05, 0.1) is 10.6 Å². The molecule has 2 aromatic rings.